The van der Waals surface area contributed by atoms with Crippen molar-refractivity contribution >= 4 is 7.82 Å². The summed E-state index contributed by atoms with van der Waals surface area (Å²) in [7, 11) is -3.52. The Balaban J connectivity index is 2.69. The molecule has 0 aromatic heterocycles. The minimum atomic E-state index is -3.52. The van der Waals surface area contributed by atoms with E-state index in [2.05, 4.69) is 19.7 Å². The third kappa shape index (κ3) is 3.72. The summed E-state index contributed by atoms with van der Waals surface area (Å²) in [4.78, 5) is 0. The maximum Gasteiger partial charge on any atom is 0.476 e. The molecule has 1 rings (SSSR count). The number of hydrogen-bond donors (Lipinski definition) is 0. The van der Waals surface area contributed by atoms with Crippen LogP contribution in [0.3, 0.4) is 0 Å². The summed E-state index contributed by atoms with van der Waals surface area (Å²) < 4.78 is 27.6. The number of rotatable bonds is 5. The van der Waals surface area contributed by atoms with Gasteiger partial charge in [0.2, 0.25) is 0 Å². The molecule has 0 aliphatic carbocycles. The summed E-state index contributed by atoms with van der Waals surface area (Å²) in [6, 6.07) is 0. The van der Waals surface area contributed by atoms with Crippen molar-refractivity contribution in [3.63, 3.8) is 0 Å². The van der Waals surface area contributed by atoms with E-state index in [1.165, 1.54) is 0 Å². The van der Waals surface area contributed by atoms with Crippen molar-refractivity contribution in [2.75, 3.05) is 6.61 Å². The normalized spacial score (nSPS) is 34.3. The molecule has 0 bridgehead atoms. The van der Waals surface area contributed by atoms with Gasteiger partial charge in [0.05, 0.1) is 18.8 Å². The van der Waals surface area contributed by atoms with Crippen molar-refractivity contribution in [2.45, 2.75) is 25.6 Å². The predicted octanol–water partition coefficient (Wildman–Crippen LogP) is 3.23. The third-order valence-electron chi connectivity index (χ3n) is 1.99. The second kappa shape index (κ2) is 5.60. The van der Waals surface area contributed by atoms with Gasteiger partial charge < -0.3 is 0 Å². The van der Waals surface area contributed by atoms with Crippen LogP contribution < -0.4 is 0 Å². The van der Waals surface area contributed by atoms with Gasteiger partial charge in [0.1, 0.15) is 0 Å². The maximum atomic E-state index is 12.1. The zero-order chi connectivity index (χ0) is 12.2. The molecule has 0 aromatic rings. The molecule has 0 amide bonds. The summed E-state index contributed by atoms with van der Waals surface area (Å²) in [6.45, 7) is 12.8. The molecule has 16 heavy (non-hydrogen) atoms. The van der Waals surface area contributed by atoms with E-state index >= 15 is 0 Å². The standard InChI is InChI=1S/C11H17O4P/c1-5-10-7-11(6-2)15-16(12,14-10)13-8-9(3)4/h5-6,10-11H,1-3,7-8H2,4H3/t10-,11+,16?. The molecular formula is C11H17O4P. The Labute approximate surface area is 96.2 Å². The lowest BCUT2D eigenvalue weighted by Gasteiger charge is -2.31. The lowest BCUT2D eigenvalue weighted by Crippen LogP contribution is -2.26. The van der Waals surface area contributed by atoms with E-state index in [0.29, 0.717) is 6.42 Å². The van der Waals surface area contributed by atoms with Gasteiger partial charge in [0.25, 0.3) is 0 Å². The van der Waals surface area contributed by atoms with E-state index in [1.807, 2.05) is 0 Å². The van der Waals surface area contributed by atoms with Crippen LogP contribution in [0.4, 0.5) is 0 Å². The second-order valence-corrected chi connectivity index (χ2v) is 5.25. The number of hydrogen-bond acceptors (Lipinski definition) is 4. The van der Waals surface area contributed by atoms with Crippen molar-refractivity contribution < 1.29 is 18.1 Å². The molecule has 0 N–H and O–H groups in total. The topological polar surface area (TPSA) is 44.8 Å². The molecule has 0 spiro atoms. The lowest BCUT2D eigenvalue weighted by molar-refractivity contribution is 0.0260. The van der Waals surface area contributed by atoms with E-state index in [0.717, 1.165) is 5.57 Å². The largest absolute Gasteiger partial charge is 0.476 e. The molecule has 5 heteroatoms. The quantitative estimate of drug-likeness (QED) is 0.550. The van der Waals surface area contributed by atoms with Crippen LogP contribution in [0, 0.1) is 0 Å². The smallest absolute Gasteiger partial charge is 0.282 e. The Morgan fingerprint density at radius 1 is 1.44 bits per heavy atom. The zero-order valence-electron chi connectivity index (χ0n) is 9.43. The molecule has 1 aliphatic heterocycles. The van der Waals surface area contributed by atoms with Crippen molar-refractivity contribution in [3.05, 3.63) is 37.5 Å². The van der Waals surface area contributed by atoms with Crippen LogP contribution in [0.5, 0.6) is 0 Å². The highest BCUT2D eigenvalue weighted by molar-refractivity contribution is 7.48. The fourth-order valence-electron chi connectivity index (χ4n) is 1.20. The van der Waals surface area contributed by atoms with E-state index < -0.39 is 7.82 Å². The molecule has 0 radical (unpaired) electrons. The van der Waals surface area contributed by atoms with Gasteiger partial charge in [-0.25, -0.2) is 4.57 Å². The third-order valence-corrected chi connectivity index (χ3v) is 3.49. The first-order chi connectivity index (χ1) is 7.49. The molecule has 1 fully saturated rings. The van der Waals surface area contributed by atoms with Crippen LogP contribution in [0.1, 0.15) is 13.3 Å². The predicted molar refractivity (Wildman–Crippen MR) is 63.1 cm³/mol. The van der Waals surface area contributed by atoms with Gasteiger partial charge in [-0.15, -0.1) is 13.2 Å². The fourth-order valence-corrected chi connectivity index (χ4v) is 2.76. The van der Waals surface area contributed by atoms with Gasteiger partial charge in [0, 0.05) is 6.42 Å². The molecule has 4 nitrogen and oxygen atoms in total. The zero-order valence-corrected chi connectivity index (χ0v) is 10.3. The maximum absolute atomic E-state index is 12.1. The van der Waals surface area contributed by atoms with E-state index in [4.69, 9.17) is 13.6 Å². The monoisotopic (exact) mass is 244 g/mol. The average Bonchev–Trinajstić information content (AvgIpc) is 2.25. The van der Waals surface area contributed by atoms with Crippen molar-refractivity contribution in [3.8, 4) is 0 Å². The van der Waals surface area contributed by atoms with Crippen LogP contribution in [0.25, 0.3) is 0 Å². The minimum Gasteiger partial charge on any atom is -0.282 e. The first-order valence-electron chi connectivity index (χ1n) is 5.00. The highest BCUT2D eigenvalue weighted by Crippen LogP contribution is 2.55. The highest BCUT2D eigenvalue weighted by atomic mass is 31.2. The molecular weight excluding hydrogens is 227 g/mol. The molecule has 1 unspecified atom stereocenters. The van der Waals surface area contributed by atoms with Gasteiger partial charge in [-0.3, -0.25) is 13.6 Å². The van der Waals surface area contributed by atoms with Gasteiger partial charge in [-0.1, -0.05) is 24.3 Å². The van der Waals surface area contributed by atoms with Crippen molar-refractivity contribution in [1.82, 2.24) is 0 Å². The van der Waals surface area contributed by atoms with Gasteiger partial charge >= 0.3 is 7.82 Å². The van der Waals surface area contributed by atoms with Crippen LogP contribution >= 0.6 is 7.82 Å². The Bertz CT molecular complexity index is 317. The first-order valence-corrected chi connectivity index (χ1v) is 6.46. The molecule has 1 heterocycles. The van der Waals surface area contributed by atoms with Crippen molar-refractivity contribution in [2.24, 2.45) is 0 Å². The molecule has 0 saturated carbocycles. The van der Waals surface area contributed by atoms with E-state index in [-0.39, 0.29) is 18.8 Å². The Morgan fingerprint density at radius 3 is 2.31 bits per heavy atom. The van der Waals surface area contributed by atoms with Crippen LogP contribution in [0.2, 0.25) is 0 Å². The molecule has 1 saturated heterocycles. The SMILES string of the molecule is C=C[C@@H]1C[C@H](C=C)OP(=O)(OCC(=C)C)O1. The molecule has 90 valence electrons. The summed E-state index contributed by atoms with van der Waals surface area (Å²) in [5, 5.41) is 0. The van der Waals surface area contributed by atoms with Gasteiger partial charge in [-0.05, 0) is 6.92 Å². The molecule has 3 atom stereocenters. The number of phosphoric acid groups is 1. The van der Waals surface area contributed by atoms with Crippen molar-refractivity contribution in [1.29, 1.82) is 0 Å². The minimum absolute atomic E-state index is 0.144. The fraction of sp³-hybridized carbons (Fsp3) is 0.455. The van der Waals surface area contributed by atoms with Crippen LogP contribution in [-0.4, -0.2) is 18.8 Å². The van der Waals surface area contributed by atoms with Crippen LogP contribution in [0.15, 0.2) is 37.5 Å². The Hall–Kier alpha value is -0.670. The van der Waals surface area contributed by atoms with E-state index in [1.54, 1.807) is 19.1 Å². The first kappa shape index (κ1) is 13.4. The van der Waals surface area contributed by atoms with E-state index in [9.17, 15) is 4.57 Å². The summed E-state index contributed by atoms with van der Waals surface area (Å²) in [5.41, 5.74) is 0.748. The Morgan fingerprint density at radius 2 is 1.94 bits per heavy atom. The summed E-state index contributed by atoms with van der Waals surface area (Å²) in [6.07, 6.45) is 3.03. The van der Waals surface area contributed by atoms with Crippen LogP contribution in [-0.2, 0) is 18.1 Å². The van der Waals surface area contributed by atoms with Gasteiger partial charge in [-0.2, -0.15) is 0 Å². The molecule has 0 aromatic carbocycles. The summed E-state index contributed by atoms with van der Waals surface area (Å²) in [5.74, 6) is 0. The average molecular weight is 244 g/mol. The number of phosphoric ester groups is 1. The van der Waals surface area contributed by atoms with Gasteiger partial charge in [0.15, 0.2) is 0 Å². The Kier molecular flexibility index (Phi) is 4.69. The lowest BCUT2D eigenvalue weighted by atomic mass is 10.1. The summed E-state index contributed by atoms with van der Waals surface area (Å²) >= 11 is 0. The highest BCUT2D eigenvalue weighted by Gasteiger charge is 2.38. The second-order valence-electron chi connectivity index (χ2n) is 3.67. The molecule has 1 aliphatic rings.